The van der Waals surface area contributed by atoms with Crippen LogP contribution in [0.25, 0.3) is 0 Å². The summed E-state index contributed by atoms with van der Waals surface area (Å²) in [5.41, 5.74) is 0.805. The fraction of sp³-hybridized carbons (Fsp3) is 0.250. The summed E-state index contributed by atoms with van der Waals surface area (Å²) in [5, 5.41) is 8.72. The van der Waals surface area contributed by atoms with Crippen molar-refractivity contribution in [2.75, 3.05) is 0 Å². The average molecular weight is 249 g/mol. The highest BCUT2D eigenvalue weighted by molar-refractivity contribution is 5.97. The Labute approximate surface area is 103 Å². The van der Waals surface area contributed by atoms with Crippen LogP contribution < -0.4 is 0 Å². The minimum Gasteiger partial charge on any atom is -0.481 e. The fourth-order valence-electron chi connectivity index (χ4n) is 1.78. The van der Waals surface area contributed by atoms with Crippen LogP contribution in [-0.4, -0.2) is 34.1 Å². The van der Waals surface area contributed by atoms with Crippen LogP contribution in [0.2, 0.25) is 0 Å². The average Bonchev–Trinajstić information content (AvgIpc) is 2.57. The number of aliphatic carboxylic acids is 1. The van der Waals surface area contributed by atoms with Gasteiger partial charge < -0.3 is 9.84 Å². The van der Waals surface area contributed by atoms with Gasteiger partial charge in [0.15, 0.2) is 0 Å². The fourth-order valence-corrected chi connectivity index (χ4v) is 1.78. The third-order valence-corrected chi connectivity index (χ3v) is 2.63. The number of carboxylic acids is 1. The van der Waals surface area contributed by atoms with Crippen molar-refractivity contribution in [2.45, 2.75) is 19.0 Å². The van der Waals surface area contributed by atoms with Gasteiger partial charge in [-0.2, -0.15) is 0 Å². The van der Waals surface area contributed by atoms with Crippen molar-refractivity contribution in [3.05, 3.63) is 35.9 Å². The van der Waals surface area contributed by atoms with E-state index in [2.05, 4.69) is 4.74 Å². The zero-order valence-corrected chi connectivity index (χ0v) is 9.41. The molecular weight excluding hydrogens is 238 g/mol. The molecule has 1 N–H and O–H groups in total. The Hall–Kier alpha value is -2.37. The summed E-state index contributed by atoms with van der Waals surface area (Å²) < 4.78 is 4.44. The summed E-state index contributed by atoms with van der Waals surface area (Å²) in [6, 6.07) is 7.94. The van der Waals surface area contributed by atoms with Crippen LogP contribution in [0.1, 0.15) is 12.0 Å². The lowest BCUT2D eigenvalue weighted by molar-refractivity contribution is -0.143. The Balaban J connectivity index is 2.16. The number of benzene rings is 1. The molecule has 0 bridgehead atoms. The SMILES string of the molecule is O=C(O)C[C@H]1C(=O)OC(=O)N1Cc1ccccc1. The van der Waals surface area contributed by atoms with Gasteiger partial charge in [0, 0.05) is 6.54 Å². The molecule has 0 spiro atoms. The molecule has 0 radical (unpaired) electrons. The van der Waals surface area contributed by atoms with Gasteiger partial charge in [0.25, 0.3) is 0 Å². The Morgan fingerprint density at radius 3 is 2.56 bits per heavy atom. The molecule has 18 heavy (non-hydrogen) atoms. The van der Waals surface area contributed by atoms with Crippen LogP contribution in [0.3, 0.4) is 0 Å². The zero-order valence-electron chi connectivity index (χ0n) is 9.41. The molecule has 2 rings (SSSR count). The molecule has 94 valence electrons. The number of carbonyl (C=O) groups excluding carboxylic acids is 2. The highest BCUT2D eigenvalue weighted by Crippen LogP contribution is 2.20. The van der Waals surface area contributed by atoms with Crippen molar-refractivity contribution in [3.8, 4) is 0 Å². The van der Waals surface area contributed by atoms with Crippen molar-refractivity contribution >= 4 is 18.0 Å². The molecule has 0 aromatic heterocycles. The molecule has 1 aromatic carbocycles. The van der Waals surface area contributed by atoms with Gasteiger partial charge in [-0.05, 0) is 5.56 Å². The van der Waals surface area contributed by atoms with Crippen LogP contribution in [-0.2, 0) is 20.9 Å². The number of hydrogen-bond acceptors (Lipinski definition) is 4. The molecule has 1 amide bonds. The first kappa shape index (κ1) is 12.1. The Bertz CT molecular complexity index is 485. The molecule has 0 saturated carbocycles. The van der Waals surface area contributed by atoms with Crippen molar-refractivity contribution in [1.82, 2.24) is 4.90 Å². The second kappa shape index (κ2) is 4.87. The number of rotatable bonds is 4. The summed E-state index contributed by atoms with van der Waals surface area (Å²) in [5.74, 6) is -1.96. The summed E-state index contributed by atoms with van der Waals surface area (Å²) in [4.78, 5) is 34.6. The third kappa shape index (κ3) is 2.48. The molecule has 1 saturated heterocycles. The molecule has 0 unspecified atom stereocenters. The standard InChI is InChI=1S/C12H11NO5/c14-10(15)6-9-11(16)18-12(17)13(9)7-8-4-2-1-3-5-8/h1-5,9H,6-7H2,(H,14,15)/t9-/m0/s1. The van der Waals surface area contributed by atoms with E-state index in [4.69, 9.17) is 5.11 Å². The first-order chi connectivity index (χ1) is 8.58. The van der Waals surface area contributed by atoms with Gasteiger partial charge in [-0.1, -0.05) is 30.3 Å². The van der Waals surface area contributed by atoms with Crippen LogP contribution in [0.5, 0.6) is 0 Å². The van der Waals surface area contributed by atoms with Crippen molar-refractivity contribution in [1.29, 1.82) is 0 Å². The molecule has 6 heteroatoms. The number of nitrogens with zero attached hydrogens (tertiary/aromatic N) is 1. The topological polar surface area (TPSA) is 83.9 Å². The predicted octanol–water partition coefficient (Wildman–Crippen LogP) is 1.01. The predicted molar refractivity (Wildman–Crippen MR) is 59.5 cm³/mol. The highest BCUT2D eigenvalue weighted by atomic mass is 16.6. The third-order valence-electron chi connectivity index (χ3n) is 2.63. The van der Waals surface area contributed by atoms with E-state index in [0.29, 0.717) is 0 Å². The lowest BCUT2D eigenvalue weighted by Gasteiger charge is -2.18. The Morgan fingerprint density at radius 1 is 1.28 bits per heavy atom. The van der Waals surface area contributed by atoms with Gasteiger partial charge in [0.2, 0.25) is 0 Å². The normalized spacial score (nSPS) is 18.9. The number of amides is 1. The van der Waals surface area contributed by atoms with E-state index in [1.54, 1.807) is 24.3 Å². The van der Waals surface area contributed by atoms with E-state index < -0.39 is 30.5 Å². The smallest absolute Gasteiger partial charge is 0.418 e. The number of hydrogen-bond donors (Lipinski definition) is 1. The minimum absolute atomic E-state index is 0.156. The van der Waals surface area contributed by atoms with Gasteiger partial charge in [-0.3, -0.25) is 9.69 Å². The van der Waals surface area contributed by atoms with Crippen LogP contribution in [0, 0.1) is 0 Å². The maximum Gasteiger partial charge on any atom is 0.418 e. The number of cyclic esters (lactones) is 2. The molecule has 1 fully saturated rings. The van der Waals surface area contributed by atoms with Crippen LogP contribution >= 0.6 is 0 Å². The molecule has 1 heterocycles. The lowest BCUT2D eigenvalue weighted by Crippen LogP contribution is -2.36. The molecule has 1 aromatic rings. The van der Waals surface area contributed by atoms with Gasteiger partial charge in [-0.15, -0.1) is 0 Å². The van der Waals surface area contributed by atoms with E-state index >= 15 is 0 Å². The van der Waals surface area contributed by atoms with Gasteiger partial charge in [0.05, 0.1) is 6.42 Å². The van der Waals surface area contributed by atoms with Gasteiger partial charge in [0.1, 0.15) is 6.04 Å². The van der Waals surface area contributed by atoms with E-state index in [1.807, 2.05) is 6.07 Å². The molecular formula is C12H11NO5. The van der Waals surface area contributed by atoms with E-state index in [0.717, 1.165) is 10.5 Å². The van der Waals surface area contributed by atoms with Gasteiger partial charge in [-0.25, -0.2) is 9.59 Å². The second-order valence-corrected chi connectivity index (χ2v) is 3.91. The number of carboxylic acid groups (broad SMARTS) is 1. The molecule has 1 aliphatic heterocycles. The van der Waals surface area contributed by atoms with Gasteiger partial charge >= 0.3 is 18.0 Å². The first-order valence-electron chi connectivity index (χ1n) is 5.36. The number of carbonyl (C=O) groups is 3. The van der Waals surface area contributed by atoms with Crippen molar-refractivity contribution in [3.63, 3.8) is 0 Å². The van der Waals surface area contributed by atoms with E-state index in [9.17, 15) is 14.4 Å². The van der Waals surface area contributed by atoms with Crippen molar-refractivity contribution in [2.24, 2.45) is 0 Å². The van der Waals surface area contributed by atoms with Crippen LogP contribution in [0.4, 0.5) is 4.79 Å². The minimum atomic E-state index is -1.15. The van der Waals surface area contributed by atoms with E-state index in [1.165, 1.54) is 0 Å². The first-order valence-corrected chi connectivity index (χ1v) is 5.36. The second-order valence-electron chi connectivity index (χ2n) is 3.91. The molecule has 1 atom stereocenters. The quantitative estimate of drug-likeness (QED) is 0.636. The monoisotopic (exact) mass is 249 g/mol. The maximum atomic E-state index is 11.5. The molecule has 6 nitrogen and oxygen atoms in total. The highest BCUT2D eigenvalue weighted by Gasteiger charge is 2.42. The summed E-state index contributed by atoms with van der Waals surface area (Å²) in [6.07, 6.45) is -1.24. The summed E-state index contributed by atoms with van der Waals surface area (Å²) in [6.45, 7) is 0.156. The Kier molecular flexibility index (Phi) is 3.27. The van der Waals surface area contributed by atoms with E-state index in [-0.39, 0.29) is 6.54 Å². The lowest BCUT2D eigenvalue weighted by atomic mass is 10.1. The summed E-state index contributed by atoms with van der Waals surface area (Å²) >= 11 is 0. The number of esters is 1. The maximum absolute atomic E-state index is 11.5. The van der Waals surface area contributed by atoms with Crippen molar-refractivity contribution < 1.29 is 24.2 Å². The largest absolute Gasteiger partial charge is 0.481 e. The molecule has 1 aliphatic rings. The molecule has 0 aliphatic carbocycles. The Morgan fingerprint density at radius 2 is 1.94 bits per heavy atom. The zero-order chi connectivity index (χ0) is 13.1. The van der Waals surface area contributed by atoms with Crippen LogP contribution in [0.15, 0.2) is 30.3 Å². The number of ether oxygens (including phenoxy) is 1. The summed E-state index contributed by atoms with van der Waals surface area (Å²) in [7, 11) is 0.